The highest BCUT2D eigenvalue weighted by Gasteiger charge is 2.62. The van der Waals surface area contributed by atoms with Gasteiger partial charge in [0.1, 0.15) is 10.8 Å². The summed E-state index contributed by atoms with van der Waals surface area (Å²) in [5.74, 6) is -2.15. The van der Waals surface area contributed by atoms with E-state index in [1.807, 2.05) is 6.92 Å². The molecule has 0 radical (unpaired) electrons. The van der Waals surface area contributed by atoms with Crippen LogP contribution in [-0.2, 0) is 19.1 Å². The van der Waals surface area contributed by atoms with Crippen LogP contribution in [0.5, 0.6) is 0 Å². The standard InChI is InChI=1S/C20H28O6S2/c1-4-11-28-13-15(12-27)20(18(24)25)8-6-5-7-19(20,17(22)23)9-10-26-16(21)14(2)3/h5-8,15,27H,2,4,9-13H2,1,3H3,(H,22,23)(H,24,25). The lowest BCUT2D eigenvalue weighted by Crippen LogP contribution is -2.57. The van der Waals surface area contributed by atoms with Crippen LogP contribution in [0.3, 0.4) is 0 Å². The lowest BCUT2D eigenvalue weighted by Gasteiger charge is -2.47. The van der Waals surface area contributed by atoms with Crippen molar-refractivity contribution in [2.45, 2.75) is 26.7 Å². The number of hydrogen-bond donors (Lipinski definition) is 3. The van der Waals surface area contributed by atoms with Crippen molar-refractivity contribution in [1.29, 1.82) is 0 Å². The van der Waals surface area contributed by atoms with Gasteiger partial charge in [-0.2, -0.15) is 24.4 Å². The molecule has 0 heterocycles. The van der Waals surface area contributed by atoms with Gasteiger partial charge in [0.05, 0.1) is 6.61 Å². The third-order valence-corrected chi connectivity index (χ3v) is 6.71. The molecule has 0 spiro atoms. The van der Waals surface area contributed by atoms with Crippen molar-refractivity contribution in [3.63, 3.8) is 0 Å². The maximum atomic E-state index is 12.5. The maximum absolute atomic E-state index is 12.5. The number of rotatable bonds is 12. The number of carbonyl (C=O) groups excluding carboxylic acids is 1. The summed E-state index contributed by atoms with van der Waals surface area (Å²) in [5, 5.41) is 20.3. The summed E-state index contributed by atoms with van der Waals surface area (Å²) < 4.78 is 5.09. The highest BCUT2D eigenvalue weighted by molar-refractivity contribution is 7.99. The van der Waals surface area contributed by atoms with Crippen LogP contribution >= 0.6 is 24.4 Å². The van der Waals surface area contributed by atoms with Gasteiger partial charge in [-0.1, -0.05) is 37.8 Å². The van der Waals surface area contributed by atoms with Gasteiger partial charge in [-0.05, 0) is 36.5 Å². The van der Waals surface area contributed by atoms with Crippen LogP contribution in [0.2, 0.25) is 0 Å². The Labute approximate surface area is 175 Å². The van der Waals surface area contributed by atoms with E-state index < -0.39 is 34.7 Å². The van der Waals surface area contributed by atoms with Gasteiger partial charge in [-0.25, -0.2) is 4.79 Å². The van der Waals surface area contributed by atoms with Crippen LogP contribution in [0.1, 0.15) is 26.7 Å². The van der Waals surface area contributed by atoms with Gasteiger partial charge in [0.15, 0.2) is 0 Å². The SMILES string of the molecule is C=C(C)C(=O)OCCC1(C(=O)O)C=CC=CC1(C(=O)O)C(CS)CSCCC. The Morgan fingerprint density at radius 1 is 1.21 bits per heavy atom. The first-order chi connectivity index (χ1) is 13.2. The molecule has 0 amide bonds. The molecule has 0 saturated heterocycles. The molecule has 2 N–H and O–H groups in total. The van der Waals surface area contributed by atoms with Crippen molar-refractivity contribution in [3.8, 4) is 0 Å². The van der Waals surface area contributed by atoms with Crippen molar-refractivity contribution in [3.05, 3.63) is 36.5 Å². The summed E-state index contributed by atoms with van der Waals surface area (Å²) in [6, 6.07) is 0. The van der Waals surface area contributed by atoms with Crippen LogP contribution in [-0.4, -0.2) is 52.0 Å². The minimum absolute atomic E-state index is 0.169. The zero-order valence-corrected chi connectivity index (χ0v) is 17.9. The molecule has 1 aliphatic carbocycles. The number of carboxylic acid groups (broad SMARTS) is 2. The van der Waals surface area contributed by atoms with Gasteiger partial charge in [0.25, 0.3) is 0 Å². The average molecular weight is 429 g/mol. The lowest BCUT2D eigenvalue weighted by molar-refractivity contribution is -0.171. The number of allylic oxidation sites excluding steroid dienone is 2. The Bertz CT molecular complexity index is 672. The van der Waals surface area contributed by atoms with E-state index in [-0.39, 0.29) is 24.4 Å². The predicted molar refractivity (Wildman–Crippen MR) is 114 cm³/mol. The minimum Gasteiger partial charge on any atom is -0.481 e. The van der Waals surface area contributed by atoms with Gasteiger partial charge in [-0.3, -0.25) is 9.59 Å². The molecule has 0 saturated carbocycles. The highest BCUT2D eigenvalue weighted by Crippen LogP contribution is 2.53. The molecule has 0 aromatic heterocycles. The van der Waals surface area contributed by atoms with Crippen LogP contribution in [0.25, 0.3) is 0 Å². The van der Waals surface area contributed by atoms with E-state index in [4.69, 9.17) is 4.74 Å². The number of hydrogen-bond acceptors (Lipinski definition) is 6. The molecule has 28 heavy (non-hydrogen) atoms. The molecule has 3 atom stereocenters. The van der Waals surface area contributed by atoms with E-state index >= 15 is 0 Å². The molecular formula is C20H28O6S2. The summed E-state index contributed by atoms with van der Waals surface area (Å²) >= 11 is 5.93. The molecule has 8 heteroatoms. The molecule has 0 aromatic rings. The molecule has 0 aliphatic heterocycles. The Hall–Kier alpha value is -1.67. The summed E-state index contributed by atoms with van der Waals surface area (Å²) in [4.78, 5) is 36.6. The van der Waals surface area contributed by atoms with Gasteiger partial charge < -0.3 is 14.9 Å². The van der Waals surface area contributed by atoms with Gasteiger partial charge in [-0.15, -0.1) is 0 Å². The summed E-state index contributed by atoms with van der Waals surface area (Å²) in [6.45, 7) is 6.77. The number of aliphatic carboxylic acids is 2. The molecule has 0 bridgehead atoms. The normalized spacial score (nSPS) is 24.5. The van der Waals surface area contributed by atoms with Gasteiger partial charge in [0, 0.05) is 12.0 Å². The second-order valence-electron chi connectivity index (χ2n) is 6.79. The van der Waals surface area contributed by atoms with Crippen molar-refractivity contribution in [2.75, 3.05) is 23.9 Å². The summed E-state index contributed by atoms with van der Waals surface area (Å²) in [7, 11) is 0. The van der Waals surface area contributed by atoms with E-state index in [2.05, 4.69) is 19.2 Å². The smallest absolute Gasteiger partial charge is 0.333 e. The quantitative estimate of drug-likeness (QED) is 0.189. The van der Waals surface area contributed by atoms with Crippen LogP contribution in [0.4, 0.5) is 0 Å². The van der Waals surface area contributed by atoms with E-state index in [1.165, 1.54) is 25.2 Å². The fraction of sp³-hybridized carbons (Fsp3) is 0.550. The van der Waals surface area contributed by atoms with Crippen LogP contribution in [0, 0.1) is 16.7 Å². The van der Waals surface area contributed by atoms with Gasteiger partial charge >= 0.3 is 17.9 Å². The molecule has 156 valence electrons. The van der Waals surface area contributed by atoms with Crippen LogP contribution < -0.4 is 0 Å². The average Bonchev–Trinajstić information content (AvgIpc) is 2.65. The minimum atomic E-state index is -1.76. The zero-order valence-electron chi connectivity index (χ0n) is 16.2. The van der Waals surface area contributed by atoms with E-state index in [0.29, 0.717) is 5.75 Å². The van der Waals surface area contributed by atoms with E-state index in [1.54, 1.807) is 17.8 Å². The maximum Gasteiger partial charge on any atom is 0.333 e. The Morgan fingerprint density at radius 3 is 2.36 bits per heavy atom. The summed E-state index contributed by atoms with van der Waals surface area (Å²) in [6.07, 6.45) is 6.72. The molecule has 6 nitrogen and oxygen atoms in total. The number of thioether (sulfide) groups is 1. The molecule has 0 aromatic carbocycles. The van der Waals surface area contributed by atoms with E-state index in [0.717, 1.165) is 12.2 Å². The number of esters is 1. The first-order valence-corrected chi connectivity index (χ1v) is 10.8. The fourth-order valence-corrected chi connectivity index (χ4v) is 5.13. The Balaban J connectivity index is 3.34. The van der Waals surface area contributed by atoms with Crippen LogP contribution in [0.15, 0.2) is 36.5 Å². The first kappa shape index (κ1) is 24.4. The van der Waals surface area contributed by atoms with Gasteiger partial charge in [0.2, 0.25) is 0 Å². The Kier molecular flexibility index (Phi) is 9.36. The third-order valence-electron chi connectivity index (χ3n) is 4.93. The molecule has 1 rings (SSSR count). The third kappa shape index (κ3) is 4.84. The zero-order chi connectivity index (χ0) is 21.4. The largest absolute Gasteiger partial charge is 0.481 e. The monoisotopic (exact) mass is 428 g/mol. The number of ether oxygens (including phenoxy) is 1. The first-order valence-electron chi connectivity index (χ1n) is 9.04. The molecule has 0 fully saturated rings. The van der Waals surface area contributed by atoms with E-state index in [9.17, 15) is 24.6 Å². The predicted octanol–water partition coefficient (Wildman–Crippen LogP) is 3.45. The second-order valence-corrected chi connectivity index (χ2v) is 8.30. The molecular weight excluding hydrogens is 400 g/mol. The van der Waals surface area contributed by atoms with Crippen molar-refractivity contribution in [1.82, 2.24) is 0 Å². The number of carbonyl (C=O) groups is 3. The highest BCUT2D eigenvalue weighted by atomic mass is 32.2. The topological polar surface area (TPSA) is 101 Å². The molecule has 3 unspecified atom stereocenters. The van der Waals surface area contributed by atoms with Crippen molar-refractivity contribution >= 4 is 42.3 Å². The lowest BCUT2D eigenvalue weighted by atomic mass is 9.54. The van der Waals surface area contributed by atoms with Crippen molar-refractivity contribution < 1.29 is 29.3 Å². The second kappa shape index (κ2) is 10.8. The molecule has 1 aliphatic rings. The summed E-state index contributed by atoms with van der Waals surface area (Å²) in [5.41, 5.74) is -3.27. The Morgan fingerprint density at radius 2 is 1.86 bits per heavy atom. The fourth-order valence-electron chi connectivity index (χ4n) is 3.42. The van der Waals surface area contributed by atoms with Crippen molar-refractivity contribution in [2.24, 2.45) is 16.7 Å². The number of thiol groups is 1. The number of carboxylic acids is 2.